The molecule has 3 aromatic rings. The highest BCUT2D eigenvalue weighted by molar-refractivity contribution is 7.89. The summed E-state index contributed by atoms with van der Waals surface area (Å²) in [4.78, 5) is 7.65. The molecule has 2 aromatic heterocycles. The minimum Gasteiger partial charge on any atom is -0.496 e. The Hall–Kier alpha value is -3.22. The first-order chi connectivity index (χ1) is 14.4. The summed E-state index contributed by atoms with van der Waals surface area (Å²) >= 11 is 0. The molecule has 0 atom stereocenters. The molecule has 1 aliphatic heterocycles. The smallest absolute Gasteiger partial charge is 0.227 e. The van der Waals surface area contributed by atoms with Gasteiger partial charge in [-0.1, -0.05) is 6.08 Å². The second-order valence-electron chi connectivity index (χ2n) is 6.90. The molecule has 0 radical (unpaired) electrons. The summed E-state index contributed by atoms with van der Waals surface area (Å²) in [6.07, 6.45) is 4.00. The molecule has 9 heteroatoms. The van der Waals surface area contributed by atoms with Crippen LogP contribution in [0.1, 0.15) is 12.1 Å². The lowest BCUT2D eigenvalue weighted by Gasteiger charge is -2.24. The number of pyridine rings is 1. The van der Waals surface area contributed by atoms with Gasteiger partial charge >= 0.3 is 0 Å². The quantitative estimate of drug-likeness (QED) is 0.675. The maximum atomic E-state index is 13.9. The topological polar surface area (TPSA) is 99.1 Å². The molecule has 1 aromatic carbocycles. The van der Waals surface area contributed by atoms with Crippen LogP contribution in [0.2, 0.25) is 0 Å². The number of H-pyrrole nitrogens is 1. The Morgan fingerprint density at radius 2 is 2.13 bits per heavy atom. The highest BCUT2D eigenvalue weighted by Crippen LogP contribution is 2.36. The van der Waals surface area contributed by atoms with Crippen molar-refractivity contribution >= 4 is 26.6 Å². The van der Waals surface area contributed by atoms with Crippen LogP contribution in [0.15, 0.2) is 42.6 Å². The fourth-order valence-corrected chi connectivity index (χ4v) is 4.66. The molecule has 1 aliphatic rings. The number of aromatic nitrogens is 2. The summed E-state index contributed by atoms with van der Waals surface area (Å²) in [5.74, 6) is -0.326. The number of sulfonamides is 1. The van der Waals surface area contributed by atoms with Crippen LogP contribution >= 0.6 is 0 Å². The normalized spacial score (nSPS) is 15.0. The molecule has 7 nitrogen and oxygen atoms in total. The molecular weight excluding hydrogens is 407 g/mol. The SMILES string of the molecule is COc1ccc(F)cc1-c1ccnc2[nH]c(C3=CCN(S(=O)(=O)CC#N)CC3)cc12. The minimum absolute atomic E-state index is 0.215. The predicted octanol–water partition coefficient (Wildman–Crippen LogP) is 3.32. The molecule has 1 N–H and O–H groups in total. The van der Waals surface area contributed by atoms with E-state index in [-0.39, 0.29) is 12.4 Å². The first-order valence-electron chi connectivity index (χ1n) is 9.29. The van der Waals surface area contributed by atoms with Crippen LogP contribution in [0.3, 0.4) is 0 Å². The molecule has 30 heavy (non-hydrogen) atoms. The third-order valence-electron chi connectivity index (χ3n) is 5.14. The second-order valence-corrected chi connectivity index (χ2v) is 8.87. The van der Waals surface area contributed by atoms with Crippen molar-refractivity contribution in [3.05, 3.63) is 54.1 Å². The van der Waals surface area contributed by atoms with Gasteiger partial charge in [0, 0.05) is 35.9 Å². The van der Waals surface area contributed by atoms with Crippen LogP contribution < -0.4 is 4.74 Å². The Labute approximate surface area is 173 Å². The van der Waals surface area contributed by atoms with E-state index in [2.05, 4.69) is 9.97 Å². The van der Waals surface area contributed by atoms with Gasteiger partial charge in [-0.15, -0.1) is 0 Å². The average molecular weight is 426 g/mol. The lowest BCUT2D eigenvalue weighted by molar-refractivity contribution is 0.415. The number of aromatic amines is 1. The largest absolute Gasteiger partial charge is 0.496 e. The van der Waals surface area contributed by atoms with E-state index < -0.39 is 15.8 Å². The molecular formula is C21H19FN4O3S. The number of nitriles is 1. The molecule has 0 aliphatic carbocycles. The van der Waals surface area contributed by atoms with Gasteiger partial charge in [-0.05, 0) is 47.9 Å². The zero-order chi connectivity index (χ0) is 21.3. The number of ether oxygens (including phenoxy) is 1. The molecule has 0 bridgehead atoms. The summed E-state index contributed by atoms with van der Waals surface area (Å²) in [5, 5.41) is 9.52. The van der Waals surface area contributed by atoms with Gasteiger partial charge in [0.1, 0.15) is 17.2 Å². The van der Waals surface area contributed by atoms with E-state index in [1.54, 1.807) is 18.3 Å². The lowest BCUT2D eigenvalue weighted by Crippen LogP contribution is -2.36. The summed E-state index contributed by atoms with van der Waals surface area (Å²) < 4.78 is 44.7. The monoisotopic (exact) mass is 426 g/mol. The molecule has 0 amide bonds. The Morgan fingerprint density at radius 3 is 2.83 bits per heavy atom. The van der Waals surface area contributed by atoms with E-state index >= 15 is 0 Å². The van der Waals surface area contributed by atoms with Crippen LogP contribution in [-0.2, 0) is 10.0 Å². The first kappa shape index (κ1) is 20.1. The third-order valence-corrected chi connectivity index (χ3v) is 6.75. The van der Waals surface area contributed by atoms with E-state index in [0.717, 1.165) is 22.2 Å². The van der Waals surface area contributed by atoms with Gasteiger partial charge in [-0.25, -0.2) is 17.8 Å². The summed E-state index contributed by atoms with van der Waals surface area (Å²) in [6, 6.07) is 9.81. The van der Waals surface area contributed by atoms with E-state index in [1.165, 1.54) is 23.5 Å². The summed E-state index contributed by atoms with van der Waals surface area (Å²) in [6.45, 7) is 0.524. The summed E-state index contributed by atoms with van der Waals surface area (Å²) in [7, 11) is -2.02. The van der Waals surface area contributed by atoms with E-state index in [9.17, 15) is 12.8 Å². The van der Waals surface area contributed by atoms with Crippen LogP contribution in [0, 0.1) is 17.1 Å². The molecule has 3 heterocycles. The number of hydrogen-bond donors (Lipinski definition) is 1. The van der Waals surface area contributed by atoms with Gasteiger partial charge in [0.2, 0.25) is 10.0 Å². The fraction of sp³-hybridized carbons (Fsp3) is 0.238. The Balaban J connectivity index is 1.71. The van der Waals surface area contributed by atoms with Gasteiger partial charge < -0.3 is 9.72 Å². The van der Waals surface area contributed by atoms with Crippen molar-refractivity contribution in [3.8, 4) is 22.9 Å². The number of rotatable bonds is 5. The van der Waals surface area contributed by atoms with Crippen molar-refractivity contribution in [1.82, 2.24) is 14.3 Å². The third kappa shape index (κ3) is 3.67. The summed E-state index contributed by atoms with van der Waals surface area (Å²) in [5.41, 5.74) is 3.86. The predicted molar refractivity (Wildman–Crippen MR) is 112 cm³/mol. The van der Waals surface area contributed by atoms with Gasteiger partial charge in [0.05, 0.1) is 13.2 Å². The van der Waals surface area contributed by atoms with Gasteiger partial charge in [-0.3, -0.25) is 0 Å². The van der Waals surface area contributed by atoms with Crippen molar-refractivity contribution in [2.24, 2.45) is 0 Å². The second kappa shape index (κ2) is 7.89. The van der Waals surface area contributed by atoms with Crippen LogP contribution in [0.5, 0.6) is 5.75 Å². The number of benzene rings is 1. The molecule has 0 fully saturated rings. The number of halogens is 1. The standard InChI is InChI=1S/C21H19FN4O3S/c1-29-20-3-2-15(22)12-17(20)16-4-8-24-21-18(16)13-19(25-21)14-5-9-26(10-6-14)30(27,28)11-7-23/h2-5,8,12-13H,6,9-11H2,1H3,(H,24,25). The molecule has 0 spiro atoms. The number of nitrogens with zero attached hydrogens (tertiary/aromatic N) is 3. The van der Waals surface area contributed by atoms with Crippen LogP contribution in [0.4, 0.5) is 4.39 Å². The van der Waals surface area contributed by atoms with Crippen molar-refractivity contribution < 1.29 is 17.5 Å². The van der Waals surface area contributed by atoms with E-state index in [4.69, 9.17) is 10.00 Å². The van der Waals surface area contributed by atoms with Crippen molar-refractivity contribution in [3.63, 3.8) is 0 Å². The minimum atomic E-state index is -3.56. The van der Waals surface area contributed by atoms with Crippen molar-refractivity contribution in [1.29, 1.82) is 5.26 Å². The Bertz CT molecular complexity index is 1290. The number of methoxy groups -OCH3 is 1. The zero-order valence-corrected chi connectivity index (χ0v) is 17.0. The highest BCUT2D eigenvalue weighted by Gasteiger charge is 2.25. The molecule has 154 valence electrons. The fourth-order valence-electron chi connectivity index (χ4n) is 3.65. The van der Waals surface area contributed by atoms with E-state index in [0.29, 0.717) is 29.9 Å². The van der Waals surface area contributed by atoms with Gasteiger partial charge in [0.25, 0.3) is 0 Å². The van der Waals surface area contributed by atoms with Crippen molar-refractivity contribution in [2.75, 3.05) is 26.0 Å². The van der Waals surface area contributed by atoms with Crippen LogP contribution in [-0.4, -0.2) is 48.6 Å². The lowest BCUT2D eigenvalue weighted by atomic mass is 10.0. The zero-order valence-electron chi connectivity index (χ0n) is 16.2. The molecule has 0 saturated heterocycles. The van der Waals surface area contributed by atoms with Crippen LogP contribution in [0.25, 0.3) is 27.7 Å². The number of nitrogens with one attached hydrogen (secondary N) is 1. The molecule has 0 saturated carbocycles. The van der Waals surface area contributed by atoms with Crippen molar-refractivity contribution in [2.45, 2.75) is 6.42 Å². The Kier molecular flexibility index (Phi) is 5.28. The average Bonchev–Trinajstić information content (AvgIpc) is 3.18. The number of hydrogen-bond acceptors (Lipinski definition) is 5. The first-order valence-corrected chi connectivity index (χ1v) is 10.9. The molecule has 4 rings (SSSR count). The maximum Gasteiger partial charge on any atom is 0.227 e. The van der Waals surface area contributed by atoms with E-state index in [1.807, 2.05) is 18.2 Å². The Morgan fingerprint density at radius 1 is 1.30 bits per heavy atom. The number of fused-ring (bicyclic) bond motifs is 1. The highest BCUT2D eigenvalue weighted by atomic mass is 32.2. The maximum absolute atomic E-state index is 13.9. The van der Waals surface area contributed by atoms with Gasteiger partial charge in [0.15, 0.2) is 5.75 Å². The van der Waals surface area contributed by atoms with Gasteiger partial charge in [-0.2, -0.15) is 9.57 Å². The molecule has 0 unspecified atom stereocenters.